The smallest absolute Gasteiger partial charge is 0.375 e. The van der Waals surface area contributed by atoms with E-state index in [0.717, 1.165) is 6.42 Å². The Kier molecular flexibility index (Phi) is 5.92. The lowest BCUT2D eigenvalue weighted by molar-refractivity contribution is 0.110. The molecule has 0 spiro atoms. The fourth-order valence-corrected chi connectivity index (χ4v) is 4.20. The lowest BCUT2D eigenvalue weighted by Gasteiger charge is -2.22. The van der Waals surface area contributed by atoms with Crippen LogP contribution in [0.5, 0.6) is 0 Å². The molecule has 0 radical (unpaired) electrons. The summed E-state index contributed by atoms with van der Waals surface area (Å²) in [6.07, 6.45) is 6.44. The third kappa shape index (κ3) is 3.27. The number of hydrogen-bond acceptors (Lipinski definition) is 4. The van der Waals surface area contributed by atoms with Crippen molar-refractivity contribution in [2.24, 2.45) is 0 Å². The summed E-state index contributed by atoms with van der Waals surface area (Å²) in [6, 6.07) is 0. The summed E-state index contributed by atoms with van der Waals surface area (Å²) in [4.78, 5) is 0. The molecule has 0 amide bonds. The van der Waals surface area contributed by atoms with Gasteiger partial charge in [0.2, 0.25) is 0 Å². The quantitative estimate of drug-likeness (QED) is 0.356. The van der Waals surface area contributed by atoms with Gasteiger partial charge in [-0.05, 0) is 6.42 Å². The first-order chi connectivity index (χ1) is 7.74. The van der Waals surface area contributed by atoms with E-state index in [4.69, 9.17) is 18.0 Å². The Morgan fingerprint density at radius 1 is 1.00 bits per heavy atom. The highest BCUT2D eigenvalue weighted by Crippen LogP contribution is 2.35. The zero-order chi connectivity index (χ0) is 12.0. The Labute approximate surface area is 99.6 Å². The summed E-state index contributed by atoms with van der Waals surface area (Å²) in [5.74, 6) is 0. The van der Waals surface area contributed by atoms with Crippen molar-refractivity contribution in [3.8, 4) is 0 Å². The maximum Gasteiger partial charge on any atom is 0.533 e. The van der Waals surface area contributed by atoms with Crippen molar-refractivity contribution in [3.63, 3.8) is 0 Å². The number of rotatable bonds is 9. The van der Waals surface area contributed by atoms with Gasteiger partial charge in [0.15, 0.2) is 5.73 Å². The normalized spacial score (nSPS) is 24.8. The summed E-state index contributed by atoms with van der Waals surface area (Å²) < 4.78 is 21.8. The minimum absolute atomic E-state index is 0.0501. The molecule has 0 N–H and O–H groups in total. The van der Waals surface area contributed by atoms with Gasteiger partial charge in [0.1, 0.15) is 0 Å². The largest absolute Gasteiger partial charge is 0.533 e. The fourth-order valence-electron chi connectivity index (χ4n) is 2.04. The van der Waals surface area contributed by atoms with Gasteiger partial charge in [-0.1, -0.05) is 32.6 Å². The van der Waals surface area contributed by atoms with E-state index in [1.165, 1.54) is 25.7 Å². The molecule has 5 heteroatoms. The van der Waals surface area contributed by atoms with Crippen molar-refractivity contribution < 1.29 is 18.0 Å². The summed E-state index contributed by atoms with van der Waals surface area (Å²) in [5, 5.41) is 0. The molecule has 0 saturated carbocycles. The molecule has 2 atom stereocenters. The van der Waals surface area contributed by atoms with Crippen LogP contribution in [0.25, 0.3) is 0 Å². The maximum absolute atomic E-state index is 5.62. The minimum Gasteiger partial charge on any atom is -0.375 e. The van der Waals surface area contributed by atoms with Crippen molar-refractivity contribution in [1.29, 1.82) is 0 Å². The van der Waals surface area contributed by atoms with Gasteiger partial charge in [-0.15, -0.1) is 0 Å². The monoisotopic (exact) mass is 248 g/mol. The third-order valence-corrected chi connectivity index (χ3v) is 6.04. The van der Waals surface area contributed by atoms with Crippen molar-refractivity contribution in [1.82, 2.24) is 0 Å². The van der Waals surface area contributed by atoms with Gasteiger partial charge in [0.05, 0.1) is 6.10 Å². The second kappa shape index (κ2) is 6.71. The van der Waals surface area contributed by atoms with Gasteiger partial charge in [-0.3, -0.25) is 0 Å². The molecule has 1 heterocycles. The maximum atomic E-state index is 5.62. The highest BCUT2D eigenvalue weighted by Gasteiger charge is 2.61. The average Bonchev–Trinajstić information content (AvgIpc) is 3.08. The molecular formula is C11H24O4Si. The Balaban J connectivity index is 2.25. The highest BCUT2D eigenvalue weighted by atomic mass is 28.4. The van der Waals surface area contributed by atoms with E-state index in [1.807, 2.05) is 0 Å². The van der Waals surface area contributed by atoms with Gasteiger partial charge in [-0.25, -0.2) is 0 Å². The topological polar surface area (TPSA) is 40.2 Å². The predicted octanol–water partition coefficient (Wildman–Crippen LogP) is 2.14. The van der Waals surface area contributed by atoms with Gasteiger partial charge in [0.25, 0.3) is 0 Å². The summed E-state index contributed by atoms with van der Waals surface area (Å²) in [6.45, 7) is 2.22. The SMILES string of the molecule is CCCCCCC1OC1[Si](OC)(OC)OC. The lowest BCUT2D eigenvalue weighted by Crippen LogP contribution is -2.50. The molecule has 16 heavy (non-hydrogen) atoms. The van der Waals surface area contributed by atoms with Gasteiger partial charge in [0, 0.05) is 21.3 Å². The summed E-state index contributed by atoms with van der Waals surface area (Å²) in [7, 11) is 2.36. The fraction of sp³-hybridized carbons (Fsp3) is 1.00. The minimum atomic E-state index is -2.54. The standard InChI is InChI=1S/C11H24O4Si/c1-5-6-7-8-9-10-11(15-10)16(12-2,13-3)14-4/h10-11H,5-9H2,1-4H3. The highest BCUT2D eigenvalue weighted by molar-refractivity contribution is 6.63. The molecular weight excluding hydrogens is 224 g/mol. The molecule has 0 aromatic heterocycles. The molecule has 4 nitrogen and oxygen atoms in total. The van der Waals surface area contributed by atoms with Crippen molar-refractivity contribution in [2.75, 3.05) is 21.3 Å². The van der Waals surface area contributed by atoms with Crippen LogP contribution in [-0.2, 0) is 18.0 Å². The molecule has 1 saturated heterocycles. The predicted molar refractivity (Wildman–Crippen MR) is 64.2 cm³/mol. The van der Waals surface area contributed by atoms with Crippen molar-refractivity contribution in [3.05, 3.63) is 0 Å². The molecule has 2 unspecified atom stereocenters. The molecule has 0 aliphatic carbocycles. The van der Waals surface area contributed by atoms with Crippen LogP contribution in [0.1, 0.15) is 39.0 Å². The molecule has 0 aromatic rings. The molecule has 0 bridgehead atoms. The molecule has 1 aliphatic rings. The molecule has 0 aromatic carbocycles. The first-order valence-electron chi connectivity index (χ1n) is 6.05. The van der Waals surface area contributed by atoms with Crippen LogP contribution in [0.3, 0.4) is 0 Å². The number of hydrogen-bond donors (Lipinski definition) is 0. The Morgan fingerprint density at radius 3 is 2.12 bits per heavy atom. The second-order valence-electron chi connectivity index (χ2n) is 4.16. The lowest BCUT2D eigenvalue weighted by atomic mass is 10.1. The van der Waals surface area contributed by atoms with Crippen molar-refractivity contribution in [2.45, 2.75) is 50.9 Å². The summed E-state index contributed by atoms with van der Waals surface area (Å²) >= 11 is 0. The third-order valence-electron chi connectivity index (χ3n) is 3.13. The van der Waals surface area contributed by atoms with E-state index in [9.17, 15) is 0 Å². The average molecular weight is 248 g/mol. The van der Waals surface area contributed by atoms with Crippen LogP contribution in [-0.4, -0.2) is 42.0 Å². The number of unbranched alkanes of at least 4 members (excludes halogenated alkanes) is 3. The van der Waals surface area contributed by atoms with Crippen LogP contribution in [0, 0.1) is 0 Å². The zero-order valence-electron chi connectivity index (χ0n) is 10.8. The van der Waals surface area contributed by atoms with E-state index in [1.54, 1.807) is 21.3 Å². The Hall–Kier alpha value is 0.0569. The first-order valence-corrected chi connectivity index (χ1v) is 7.85. The molecule has 1 fully saturated rings. The van der Waals surface area contributed by atoms with Gasteiger partial charge in [-0.2, -0.15) is 0 Å². The Bertz CT molecular complexity index is 188. The van der Waals surface area contributed by atoms with Gasteiger partial charge < -0.3 is 18.0 Å². The van der Waals surface area contributed by atoms with E-state index in [2.05, 4.69) is 6.92 Å². The number of epoxide rings is 1. The Morgan fingerprint density at radius 2 is 1.62 bits per heavy atom. The van der Waals surface area contributed by atoms with Crippen LogP contribution in [0.2, 0.25) is 0 Å². The van der Waals surface area contributed by atoms with E-state index >= 15 is 0 Å². The van der Waals surface area contributed by atoms with Crippen LogP contribution in [0.4, 0.5) is 0 Å². The van der Waals surface area contributed by atoms with Crippen LogP contribution < -0.4 is 0 Å². The molecule has 1 rings (SSSR count). The molecule has 1 aliphatic heterocycles. The molecule has 96 valence electrons. The van der Waals surface area contributed by atoms with E-state index < -0.39 is 8.80 Å². The van der Waals surface area contributed by atoms with Crippen LogP contribution in [0.15, 0.2) is 0 Å². The van der Waals surface area contributed by atoms with Crippen LogP contribution >= 0.6 is 0 Å². The van der Waals surface area contributed by atoms with E-state index in [0.29, 0.717) is 0 Å². The van der Waals surface area contributed by atoms with Crippen molar-refractivity contribution >= 4 is 8.80 Å². The summed E-state index contributed by atoms with van der Waals surface area (Å²) in [5.41, 5.74) is 0.0501. The number of ether oxygens (including phenoxy) is 1. The first kappa shape index (κ1) is 14.1. The van der Waals surface area contributed by atoms with Gasteiger partial charge >= 0.3 is 8.80 Å². The van der Waals surface area contributed by atoms with E-state index in [-0.39, 0.29) is 11.8 Å². The zero-order valence-corrected chi connectivity index (χ0v) is 11.8. The second-order valence-corrected chi connectivity index (χ2v) is 7.16.